The van der Waals surface area contributed by atoms with Crippen molar-refractivity contribution >= 4 is 23.2 Å². The maximum absolute atomic E-state index is 13.7. The topological polar surface area (TPSA) is 37.8 Å². The second-order valence-electron chi connectivity index (χ2n) is 4.73. The Labute approximate surface area is 115 Å². The first-order valence-corrected chi connectivity index (χ1v) is 6.60. The molecule has 0 aliphatic heterocycles. The minimum atomic E-state index is -0.328. The Morgan fingerprint density at radius 2 is 2.11 bits per heavy atom. The van der Waals surface area contributed by atoms with Crippen LogP contribution in [0, 0.1) is 12.7 Å². The number of hydrogen-bond acceptors (Lipinski definition) is 3. The van der Waals surface area contributed by atoms with Crippen molar-refractivity contribution in [1.82, 2.24) is 9.97 Å². The number of nitrogens with zero attached hydrogens (tertiary/aromatic N) is 2. The lowest BCUT2D eigenvalue weighted by Crippen LogP contribution is -2.03. The summed E-state index contributed by atoms with van der Waals surface area (Å²) in [5, 5.41) is 3.37. The molecular weight excluding hydrogens is 265 g/mol. The average Bonchev–Trinajstić information content (AvgIpc) is 2.82. The predicted octanol–water partition coefficient (Wildman–Crippen LogP) is 3.81. The molecule has 1 aliphatic rings. The molecule has 0 spiro atoms. The summed E-state index contributed by atoms with van der Waals surface area (Å²) in [6.45, 7) is 1.90. The largest absolute Gasteiger partial charge is 0.322 e. The average molecular weight is 278 g/mol. The van der Waals surface area contributed by atoms with Crippen LogP contribution in [-0.2, 0) is 12.8 Å². The van der Waals surface area contributed by atoms with Gasteiger partial charge in [-0.2, -0.15) is 0 Å². The van der Waals surface area contributed by atoms with Gasteiger partial charge in [-0.05, 0) is 43.9 Å². The highest BCUT2D eigenvalue weighted by Gasteiger charge is 2.18. The molecule has 1 N–H and O–H groups in total. The molecule has 1 heterocycles. The van der Waals surface area contributed by atoms with Crippen molar-refractivity contribution in [3.8, 4) is 0 Å². The number of fused-ring (bicyclic) bond motifs is 1. The van der Waals surface area contributed by atoms with Crippen LogP contribution in [0.2, 0.25) is 5.15 Å². The Kier molecular flexibility index (Phi) is 3.11. The Morgan fingerprint density at radius 1 is 1.26 bits per heavy atom. The summed E-state index contributed by atoms with van der Waals surface area (Å²) in [4.78, 5) is 8.59. The summed E-state index contributed by atoms with van der Waals surface area (Å²) in [7, 11) is 0. The van der Waals surface area contributed by atoms with Crippen LogP contribution in [0.4, 0.5) is 16.0 Å². The smallest absolute Gasteiger partial charge is 0.228 e. The number of hydrogen-bond donors (Lipinski definition) is 1. The van der Waals surface area contributed by atoms with Crippen LogP contribution in [-0.4, -0.2) is 9.97 Å². The minimum absolute atomic E-state index is 0.328. The van der Waals surface area contributed by atoms with Gasteiger partial charge in [-0.1, -0.05) is 17.7 Å². The van der Waals surface area contributed by atoms with Gasteiger partial charge in [-0.15, -0.1) is 0 Å². The fraction of sp³-hybridized carbons (Fsp3) is 0.286. The summed E-state index contributed by atoms with van der Waals surface area (Å²) < 4.78 is 13.7. The molecule has 19 heavy (non-hydrogen) atoms. The van der Waals surface area contributed by atoms with E-state index in [4.69, 9.17) is 11.6 Å². The second-order valence-corrected chi connectivity index (χ2v) is 5.08. The van der Waals surface area contributed by atoms with E-state index in [0.29, 0.717) is 16.8 Å². The fourth-order valence-corrected chi connectivity index (χ4v) is 2.58. The van der Waals surface area contributed by atoms with Crippen LogP contribution in [0.25, 0.3) is 0 Å². The van der Waals surface area contributed by atoms with E-state index in [-0.39, 0.29) is 5.82 Å². The zero-order valence-electron chi connectivity index (χ0n) is 10.5. The van der Waals surface area contributed by atoms with E-state index < -0.39 is 0 Å². The molecule has 0 bridgehead atoms. The minimum Gasteiger partial charge on any atom is -0.322 e. The van der Waals surface area contributed by atoms with Gasteiger partial charge in [0, 0.05) is 5.56 Å². The molecule has 0 radical (unpaired) electrons. The van der Waals surface area contributed by atoms with Crippen LogP contribution in [0.5, 0.6) is 0 Å². The lowest BCUT2D eigenvalue weighted by Gasteiger charge is -2.09. The van der Waals surface area contributed by atoms with E-state index in [1.54, 1.807) is 12.1 Å². The van der Waals surface area contributed by atoms with Crippen LogP contribution in [0.15, 0.2) is 18.2 Å². The molecule has 0 saturated carbocycles. The quantitative estimate of drug-likeness (QED) is 0.848. The monoisotopic (exact) mass is 277 g/mol. The van der Waals surface area contributed by atoms with Crippen LogP contribution in [0.1, 0.15) is 23.2 Å². The highest BCUT2D eigenvalue weighted by Crippen LogP contribution is 2.28. The highest BCUT2D eigenvalue weighted by atomic mass is 35.5. The number of aryl methyl sites for hydroxylation is 2. The molecule has 2 aromatic rings. The van der Waals surface area contributed by atoms with Crippen molar-refractivity contribution in [1.29, 1.82) is 0 Å². The normalized spacial score (nSPS) is 13.4. The van der Waals surface area contributed by atoms with E-state index in [1.165, 1.54) is 6.07 Å². The van der Waals surface area contributed by atoms with Crippen LogP contribution < -0.4 is 5.32 Å². The first-order valence-electron chi connectivity index (χ1n) is 6.22. The van der Waals surface area contributed by atoms with Gasteiger partial charge in [0.2, 0.25) is 5.95 Å². The van der Waals surface area contributed by atoms with Crippen molar-refractivity contribution < 1.29 is 4.39 Å². The van der Waals surface area contributed by atoms with Crippen molar-refractivity contribution in [2.75, 3.05) is 5.32 Å². The molecular formula is C14H13ClFN3. The third-order valence-corrected chi connectivity index (χ3v) is 3.56. The van der Waals surface area contributed by atoms with E-state index in [9.17, 15) is 4.39 Å². The molecule has 1 aliphatic carbocycles. The van der Waals surface area contributed by atoms with Gasteiger partial charge in [-0.25, -0.2) is 14.4 Å². The van der Waals surface area contributed by atoms with E-state index >= 15 is 0 Å². The summed E-state index contributed by atoms with van der Waals surface area (Å²) >= 11 is 6.13. The van der Waals surface area contributed by atoms with Gasteiger partial charge in [0.25, 0.3) is 0 Å². The number of benzene rings is 1. The first-order chi connectivity index (χ1) is 9.13. The lowest BCUT2D eigenvalue weighted by molar-refractivity contribution is 0.631. The highest BCUT2D eigenvalue weighted by molar-refractivity contribution is 6.30. The second kappa shape index (κ2) is 4.78. The zero-order valence-corrected chi connectivity index (χ0v) is 11.3. The number of anilines is 2. The number of rotatable bonds is 2. The van der Waals surface area contributed by atoms with Gasteiger partial charge in [-0.3, -0.25) is 0 Å². The number of aromatic nitrogens is 2. The zero-order chi connectivity index (χ0) is 13.4. The number of halogens is 2. The maximum atomic E-state index is 13.7. The van der Waals surface area contributed by atoms with Crippen LogP contribution >= 0.6 is 11.6 Å². The standard InChI is InChI=1S/C14H13ClFN3/c1-8-5-6-10(16)12(7-8)18-14-17-11-4-2-3-9(11)13(15)19-14/h5-7H,2-4H2,1H3,(H,17,18,19). The SMILES string of the molecule is Cc1ccc(F)c(Nc2nc(Cl)c3c(n2)CCC3)c1. The number of nitrogens with one attached hydrogen (secondary N) is 1. The summed E-state index contributed by atoms with van der Waals surface area (Å²) in [5.41, 5.74) is 3.33. The van der Waals surface area contributed by atoms with Gasteiger partial charge in [0.15, 0.2) is 0 Å². The third-order valence-electron chi connectivity index (χ3n) is 3.25. The third kappa shape index (κ3) is 2.40. The molecule has 98 valence electrons. The van der Waals surface area contributed by atoms with E-state index in [0.717, 1.165) is 36.1 Å². The summed E-state index contributed by atoms with van der Waals surface area (Å²) in [5.74, 6) is 0.0287. The summed E-state index contributed by atoms with van der Waals surface area (Å²) in [6, 6.07) is 4.86. The molecule has 5 heteroatoms. The van der Waals surface area contributed by atoms with Crippen molar-refractivity contribution in [3.05, 3.63) is 46.0 Å². The molecule has 3 nitrogen and oxygen atoms in total. The molecule has 0 amide bonds. The fourth-order valence-electron chi connectivity index (χ4n) is 2.30. The van der Waals surface area contributed by atoms with Gasteiger partial charge in [0.1, 0.15) is 11.0 Å². The van der Waals surface area contributed by atoms with Gasteiger partial charge < -0.3 is 5.32 Å². The van der Waals surface area contributed by atoms with E-state index in [2.05, 4.69) is 15.3 Å². The molecule has 1 aromatic carbocycles. The van der Waals surface area contributed by atoms with Crippen molar-refractivity contribution in [3.63, 3.8) is 0 Å². The molecule has 0 unspecified atom stereocenters. The maximum Gasteiger partial charge on any atom is 0.228 e. The Bertz CT molecular complexity index is 643. The van der Waals surface area contributed by atoms with Gasteiger partial charge >= 0.3 is 0 Å². The molecule has 0 atom stereocenters. The summed E-state index contributed by atoms with van der Waals surface area (Å²) in [6.07, 6.45) is 2.88. The van der Waals surface area contributed by atoms with Crippen molar-refractivity contribution in [2.45, 2.75) is 26.2 Å². The molecule has 1 aromatic heterocycles. The molecule has 3 rings (SSSR count). The Balaban J connectivity index is 1.95. The molecule has 0 fully saturated rings. The Morgan fingerprint density at radius 3 is 2.95 bits per heavy atom. The molecule has 0 saturated heterocycles. The first kappa shape index (κ1) is 12.4. The lowest BCUT2D eigenvalue weighted by atomic mass is 10.2. The van der Waals surface area contributed by atoms with Crippen LogP contribution in [0.3, 0.4) is 0 Å². The van der Waals surface area contributed by atoms with Gasteiger partial charge in [0.05, 0.1) is 11.4 Å². The predicted molar refractivity (Wildman–Crippen MR) is 73.5 cm³/mol. The van der Waals surface area contributed by atoms with Crippen molar-refractivity contribution in [2.24, 2.45) is 0 Å². The Hall–Kier alpha value is -1.68. The van der Waals surface area contributed by atoms with E-state index in [1.807, 2.05) is 6.92 Å².